The Kier molecular flexibility index (Phi) is 2.94. The van der Waals surface area contributed by atoms with E-state index in [0.717, 1.165) is 5.57 Å². The molecule has 0 bridgehead atoms. The minimum absolute atomic E-state index is 0.217. The molecule has 2 rings (SSSR count). The first-order chi connectivity index (χ1) is 8.73. The normalized spacial score (nSPS) is 18.6. The molecule has 1 aromatic rings. The lowest BCUT2D eigenvalue weighted by atomic mass is 9.95. The molecule has 98 valence electrons. The van der Waals surface area contributed by atoms with Gasteiger partial charge in [0, 0.05) is 0 Å². The fourth-order valence-electron chi connectivity index (χ4n) is 2.97. The fraction of sp³-hybridized carbons (Fsp3) is 0.389. The van der Waals surface area contributed by atoms with Gasteiger partial charge in [-0.2, -0.15) is 5.26 Å². The van der Waals surface area contributed by atoms with Gasteiger partial charge in [-0.15, -0.1) is 0 Å². The van der Waals surface area contributed by atoms with E-state index in [9.17, 15) is 0 Å². The molecule has 1 heteroatoms. The van der Waals surface area contributed by atoms with E-state index in [4.69, 9.17) is 5.26 Å². The number of hydrogen-bond donors (Lipinski definition) is 0. The second-order valence-electron chi connectivity index (χ2n) is 6.47. The molecule has 1 fully saturated rings. The third kappa shape index (κ3) is 1.92. The van der Waals surface area contributed by atoms with Crippen molar-refractivity contribution in [2.45, 2.75) is 34.6 Å². The number of nitrogens with zero attached hydrogens (tertiary/aromatic N) is 1. The Morgan fingerprint density at radius 1 is 1.05 bits per heavy atom. The molecule has 0 aliphatic heterocycles. The first kappa shape index (κ1) is 13.6. The summed E-state index contributed by atoms with van der Waals surface area (Å²) in [6, 6.07) is 9.97. The maximum atomic E-state index is 8.88. The van der Waals surface area contributed by atoms with Crippen molar-refractivity contribution in [1.29, 1.82) is 5.26 Å². The smallest absolute Gasteiger partial charge is 0.0991 e. The van der Waals surface area contributed by atoms with E-state index in [1.165, 1.54) is 16.7 Å². The third-order valence-corrected chi connectivity index (χ3v) is 4.73. The van der Waals surface area contributed by atoms with Crippen molar-refractivity contribution >= 4 is 5.57 Å². The molecule has 1 aliphatic carbocycles. The van der Waals surface area contributed by atoms with Gasteiger partial charge in [0.15, 0.2) is 0 Å². The zero-order valence-corrected chi connectivity index (χ0v) is 12.5. The second-order valence-corrected chi connectivity index (χ2v) is 6.47. The lowest BCUT2D eigenvalue weighted by Gasteiger charge is -2.09. The third-order valence-electron chi connectivity index (χ3n) is 4.73. The first-order valence-electron chi connectivity index (χ1n) is 6.65. The van der Waals surface area contributed by atoms with E-state index in [1.807, 2.05) is 24.3 Å². The monoisotopic (exact) mass is 251 g/mol. The fourth-order valence-corrected chi connectivity index (χ4v) is 2.97. The van der Waals surface area contributed by atoms with Gasteiger partial charge >= 0.3 is 0 Å². The zero-order valence-electron chi connectivity index (χ0n) is 12.5. The van der Waals surface area contributed by atoms with Crippen LogP contribution in [0.4, 0.5) is 0 Å². The molecule has 0 heterocycles. The molecule has 0 unspecified atom stereocenters. The predicted molar refractivity (Wildman–Crippen MR) is 80.5 cm³/mol. The summed E-state index contributed by atoms with van der Waals surface area (Å²) in [5.74, 6) is 0. The topological polar surface area (TPSA) is 23.8 Å². The molecule has 0 atom stereocenters. The number of rotatable bonds is 2. The molecule has 1 nitrogen and oxygen atoms in total. The van der Waals surface area contributed by atoms with Crippen LogP contribution in [0.5, 0.6) is 0 Å². The van der Waals surface area contributed by atoms with Crippen LogP contribution in [0.3, 0.4) is 0 Å². The maximum absolute atomic E-state index is 8.88. The molecule has 19 heavy (non-hydrogen) atoms. The predicted octanol–water partition coefficient (Wildman–Crippen LogP) is 4.95. The lowest BCUT2D eigenvalue weighted by Crippen LogP contribution is -1.95. The van der Waals surface area contributed by atoms with Gasteiger partial charge in [0.2, 0.25) is 0 Å². The summed E-state index contributed by atoms with van der Waals surface area (Å²) < 4.78 is 0. The molecule has 1 saturated carbocycles. The van der Waals surface area contributed by atoms with E-state index in [-0.39, 0.29) is 10.8 Å². The zero-order chi connectivity index (χ0) is 14.4. The second kappa shape index (κ2) is 4.10. The van der Waals surface area contributed by atoms with Crippen molar-refractivity contribution in [2.75, 3.05) is 0 Å². The van der Waals surface area contributed by atoms with Crippen LogP contribution in [0.15, 0.2) is 42.0 Å². The minimum Gasteiger partial charge on any atom is -0.192 e. The summed E-state index contributed by atoms with van der Waals surface area (Å²) in [6.07, 6.45) is 0. The van der Waals surface area contributed by atoms with Crippen LogP contribution in [0.25, 0.3) is 5.57 Å². The van der Waals surface area contributed by atoms with Crippen molar-refractivity contribution in [3.8, 4) is 6.07 Å². The molecule has 0 saturated heterocycles. The highest BCUT2D eigenvalue weighted by atomic mass is 14.6. The number of benzene rings is 1. The Bertz CT molecular complexity index is 588. The summed E-state index contributed by atoms with van der Waals surface area (Å²) in [6.45, 7) is 15.4. The van der Waals surface area contributed by atoms with E-state index < -0.39 is 0 Å². The van der Waals surface area contributed by atoms with Gasteiger partial charge in [0.1, 0.15) is 0 Å². The van der Waals surface area contributed by atoms with Crippen LogP contribution in [0, 0.1) is 22.2 Å². The van der Waals surface area contributed by atoms with Crippen molar-refractivity contribution in [1.82, 2.24) is 0 Å². The highest BCUT2D eigenvalue weighted by Gasteiger charge is 2.61. The SMILES string of the molecule is C=C(C)C(=C1C(C)(C)C1(C)C)c1ccc(C#N)cc1. The molecule has 0 N–H and O–H groups in total. The number of nitriles is 1. The molecular formula is C18H21N. The van der Waals surface area contributed by atoms with Gasteiger partial charge in [0.25, 0.3) is 0 Å². The van der Waals surface area contributed by atoms with E-state index in [0.29, 0.717) is 5.56 Å². The molecule has 0 aromatic heterocycles. The molecule has 0 spiro atoms. The Morgan fingerprint density at radius 2 is 1.53 bits per heavy atom. The summed E-state index contributed by atoms with van der Waals surface area (Å²) >= 11 is 0. The van der Waals surface area contributed by atoms with Crippen molar-refractivity contribution in [3.63, 3.8) is 0 Å². The molecule has 0 amide bonds. The number of hydrogen-bond acceptors (Lipinski definition) is 1. The first-order valence-corrected chi connectivity index (χ1v) is 6.65. The quantitative estimate of drug-likeness (QED) is 0.729. The van der Waals surface area contributed by atoms with E-state index in [1.54, 1.807) is 0 Å². The number of allylic oxidation sites excluding steroid dienone is 3. The summed E-state index contributed by atoms with van der Waals surface area (Å²) in [5, 5.41) is 8.88. The standard InChI is InChI=1S/C18H21N/c1-12(2)15(16-17(3,4)18(16,5)6)14-9-7-13(11-19)8-10-14/h7-10H,1H2,2-6H3. The minimum atomic E-state index is 0.217. The summed E-state index contributed by atoms with van der Waals surface area (Å²) in [7, 11) is 0. The van der Waals surface area contributed by atoms with Crippen LogP contribution < -0.4 is 0 Å². The summed E-state index contributed by atoms with van der Waals surface area (Å²) in [5.41, 5.74) is 6.13. The van der Waals surface area contributed by atoms with Crippen molar-refractivity contribution < 1.29 is 0 Å². The maximum Gasteiger partial charge on any atom is 0.0991 e. The highest BCUT2D eigenvalue weighted by molar-refractivity contribution is 5.85. The molecule has 1 aliphatic rings. The highest BCUT2D eigenvalue weighted by Crippen LogP contribution is 2.70. The van der Waals surface area contributed by atoms with E-state index in [2.05, 4.69) is 47.3 Å². The van der Waals surface area contributed by atoms with Gasteiger partial charge < -0.3 is 0 Å². The Balaban J connectivity index is 2.59. The average molecular weight is 251 g/mol. The van der Waals surface area contributed by atoms with Crippen LogP contribution in [0.1, 0.15) is 45.7 Å². The van der Waals surface area contributed by atoms with Gasteiger partial charge in [-0.3, -0.25) is 0 Å². The largest absolute Gasteiger partial charge is 0.192 e. The Labute approximate surface area is 116 Å². The lowest BCUT2D eigenvalue weighted by molar-refractivity contribution is 0.457. The Hall–Kier alpha value is -1.81. The van der Waals surface area contributed by atoms with Crippen LogP contribution >= 0.6 is 0 Å². The van der Waals surface area contributed by atoms with Crippen LogP contribution in [0.2, 0.25) is 0 Å². The van der Waals surface area contributed by atoms with Gasteiger partial charge in [-0.1, -0.05) is 52.0 Å². The van der Waals surface area contributed by atoms with Crippen LogP contribution in [-0.4, -0.2) is 0 Å². The van der Waals surface area contributed by atoms with E-state index >= 15 is 0 Å². The van der Waals surface area contributed by atoms with Crippen molar-refractivity contribution in [3.05, 3.63) is 53.1 Å². The van der Waals surface area contributed by atoms with Crippen LogP contribution in [-0.2, 0) is 0 Å². The van der Waals surface area contributed by atoms with Gasteiger partial charge in [-0.25, -0.2) is 0 Å². The molecule has 0 radical (unpaired) electrons. The van der Waals surface area contributed by atoms with Gasteiger partial charge in [-0.05, 0) is 46.6 Å². The van der Waals surface area contributed by atoms with Gasteiger partial charge in [0.05, 0.1) is 11.6 Å². The average Bonchev–Trinajstić information content (AvgIpc) is 2.73. The molecular weight excluding hydrogens is 230 g/mol. The Morgan fingerprint density at radius 3 is 1.84 bits per heavy atom. The van der Waals surface area contributed by atoms with Crippen molar-refractivity contribution in [2.24, 2.45) is 10.8 Å². The molecule has 1 aromatic carbocycles. The summed E-state index contributed by atoms with van der Waals surface area (Å²) in [4.78, 5) is 0.